The Morgan fingerprint density at radius 1 is 1.21 bits per heavy atom. The van der Waals surface area contributed by atoms with Crippen LogP contribution in [0.3, 0.4) is 0 Å². The molecule has 3 heterocycles. The van der Waals surface area contributed by atoms with E-state index in [-0.39, 0.29) is 0 Å². The zero-order valence-corrected chi connectivity index (χ0v) is 18.8. The number of hydrogen-bond donors (Lipinski definition) is 3. The van der Waals surface area contributed by atoms with Gasteiger partial charge in [0.1, 0.15) is 0 Å². The van der Waals surface area contributed by atoms with E-state index in [4.69, 9.17) is 14.6 Å². The van der Waals surface area contributed by atoms with Crippen molar-refractivity contribution in [2.45, 2.75) is 38.3 Å². The third-order valence-electron chi connectivity index (χ3n) is 5.48. The smallest absolute Gasteiger partial charge is 0.402 e. The first-order chi connectivity index (χ1) is 16.5. The Kier molecular flexibility index (Phi) is 7.28. The fourth-order valence-electron chi connectivity index (χ4n) is 3.84. The summed E-state index contributed by atoms with van der Waals surface area (Å²) in [5, 5.41) is 23.5. The number of nitrogens with one attached hydrogen (secondary N) is 1. The van der Waals surface area contributed by atoms with Crippen LogP contribution in [0.25, 0.3) is 28.0 Å². The highest BCUT2D eigenvalue weighted by Gasteiger charge is 2.17. The largest absolute Gasteiger partial charge is 0.465 e. The van der Waals surface area contributed by atoms with Crippen LogP contribution in [0.5, 0.6) is 0 Å². The highest BCUT2D eigenvalue weighted by Crippen LogP contribution is 2.23. The summed E-state index contributed by atoms with van der Waals surface area (Å²) in [6, 6.07) is 8.60. The van der Waals surface area contributed by atoms with Crippen molar-refractivity contribution in [3.63, 3.8) is 0 Å². The van der Waals surface area contributed by atoms with E-state index in [0.29, 0.717) is 29.8 Å². The molecule has 0 radical (unpaired) electrons. The summed E-state index contributed by atoms with van der Waals surface area (Å²) in [6.07, 6.45) is 9.14. The molecule has 4 aromatic rings. The van der Waals surface area contributed by atoms with E-state index in [9.17, 15) is 0 Å². The zero-order valence-electron chi connectivity index (χ0n) is 18.8. The van der Waals surface area contributed by atoms with Crippen molar-refractivity contribution in [1.29, 1.82) is 0 Å². The number of hydrogen-bond acceptors (Lipinski definition) is 8. The van der Waals surface area contributed by atoms with E-state index in [0.717, 1.165) is 23.4 Å². The minimum atomic E-state index is -1.33. The van der Waals surface area contributed by atoms with Gasteiger partial charge in [-0.05, 0) is 30.5 Å². The van der Waals surface area contributed by atoms with Crippen LogP contribution in [0.4, 0.5) is 10.7 Å². The van der Waals surface area contributed by atoms with E-state index in [2.05, 4.69) is 48.6 Å². The first-order valence-corrected chi connectivity index (χ1v) is 11.0. The summed E-state index contributed by atoms with van der Waals surface area (Å²) in [5.74, 6) is 0.637. The third kappa shape index (κ3) is 5.64. The van der Waals surface area contributed by atoms with Gasteiger partial charge >= 0.3 is 6.09 Å². The van der Waals surface area contributed by atoms with E-state index in [1.165, 1.54) is 25.7 Å². The quantitative estimate of drug-likeness (QED) is 0.373. The number of methoxy groups -OCH3 is 1. The fourth-order valence-corrected chi connectivity index (χ4v) is 3.84. The first-order valence-electron chi connectivity index (χ1n) is 11.0. The number of aromatic nitrogens is 7. The normalized spacial score (nSPS) is 13.6. The second-order valence-electron chi connectivity index (χ2n) is 7.90. The lowest BCUT2D eigenvalue weighted by Crippen LogP contribution is -2.16. The third-order valence-corrected chi connectivity index (χ3v) is 5.48. The summed E-state index contributed by atoms with van der Waals surface area (Å²) in [4.78, 5) is 17.9. The molecule has 0 spiro atoms. The van der Waals surface area contributed by atoms with Gasteiger partial charge in [0.25, 0.3) is 0 Å². The Hall–Kier alpha value is -4.06. The Bertz CT molecular complexity index is 1230. The molecule has 3 aromatic heterocycles. The molecule has 1 fully saturated rings. The number of ether oxygens (including phenoxy) is 1. The van der Waals surface area contributed by atoms with Crippen molar-refractivity contribution in [2.75, 3.05) is 19.0 Å². The van der Waals surface area contributed by atoms with Crippen LogP contribution in [0, 0.1) is 0 Å². The summed E-state index contributed by atoms with van der Waals surface area (Å²) < 4.78 is 8.74. The van der Waals surface area contributed by atoms with E-state index in [1.54, 1.807) is 18.0 Å². The van der Waals surface area contributed by atoms with Gasteiger partial charge in [-0.15, -0.1) is 5.10 Å². The van der Waals surface area contributed by atoms with Crippen LogP contribution >= 0.6 is 0 Å². The maximum Gasteiger partial charge on any atom is 0.402 e. The molecule has 1 saturated carbocycles. The average molecular weight is 466 g/mol. The van der Waals surface area contributed by atoms with Crippen LogP contribution in [0.2, 0.25) is 0 Å². The molecule has 12 nitrogen and oxygen atoms in total. The lowest BCUT2D eigenvalue weighted by molar-refractivity contribution is 0.183. The molecule has 0 unspecified atom stereocenters. The van der Waals surface area contributed by atoms with Crippen LogP contribution < -0.4 is 11.1 Å². The monoisotopic (exact) mass is 465 g/mol. The van der Waals surface area contributed by atoms with Gasteiger partial charge in [-0.2, -0.15) is 14.8 Å². The number of fused-ring (bicyclic) bond motifs is 1. The Morgan fingerprint density at radius 3 is 2.65 bits per heavy atom. The zero-order chi connectivity index (χ0) is 23.9. The molecular weight excluding hydrogens is 438 g/mol. The van der Waals surface area contributed by atoms with Crippen molar-refractivity contribution in [3.8, 4) is 16.8 Å². The molecule has 0 aliphatic heterocycles. The number of benzene rings is 1. The number of carbonyl (C=O) groups is 1. The van der Waals surface area contributed by atoms with Gasteiger partial charge in [0.15, 0.2) is 11.2 Å². The molecular formula is C22H27N9O3. The fraction of sp³-hybridized carbons (Fsp3) is 0.364. The Labute approximate surface area is 195 Å². The first kappa shape index (κ1) is 23.1. The lowest BCUT2D eigenvalue weighted by atomic mass is 10.1. The molecule has 0 bridgehead atoms. The Morgan fingerprint density at radius 2 is 1.94 bits per heavy atom. The van der Waals surface area contributed by atoms with Gasteiger partial charge in [0, 0.05) is 24.9 Å². The van der Waals surface area contributed by atoms with Gasteiger partial charge < -0.3 is 20.9 Å². The summed E-state index contributed by atoms with van der Waals surface area (Å²) >= 11 is 0. The molecule has 34 heavy (non-hydrogen) atoms. The second kappa shape index (κ2) is 10.7. The number of nitrogens with two attached hydrogens (primary N) is 1. The maximum absolute atomic E-state index is 8.78. The van der Waals surface area contributed by atoms with E-state index >= 15 is 0 Å². The minimum absolute atomic E-state index is 0.455. The van der Waals surface area contributed by atoms with Crippen LogP contribution in [0.15, 0.2) is 42.9 Å². The lowest BCUT2D eigenvalue weighted by Gasteiger charge is -2.11. The highest BCUT2D eigenvalue weighted by atomic mass is 16.5. The number of rotatable bonds is 7. The molecule has 4 N–H and O–H groups in total. The molecule has 0 saturated heterocycles. The highest BCUT2D eigenvalue weighted by molar-refractivity contribution is 5.72. The summed E-state index contributed by atoms with van der Waals surface area (Å²) in [7, 11) is 1.69. The van der Waals surface area contributed by atoms with Gasteiger partial charge in [-0.1, -0.05) is 30.2 Å². The molecule has 1 aliphatic carbocycles. The summed E-state index contributed by atoms with van der Waals surface area (Å²) in [6.45, 7) is 1.37. The average Bonchev–Trinajstić information content (AvgIpc) is 3.58. The van der Waals surface area contributed by atoms with Gasteiger partial charge in [0.05, 0.1) is 31.2 Å². The number of primary amides is 1. The molecule has 1 aliphatic rings. The van der Waals surface area contributed by atoms with Crippen LogP contribution in [-0.4, -0.2) is 65.7 Å². The van der Waals surface area contributed by atoms with Crippen LogP contribution in [0.1, 0.15) is 25.7 Å². The predicted molar refractivity (Wildman–Crippen MR) is 126 cm³/mol. The number of nitrogens with zero attached hydrogens (tertiary/aromatic N) is 7. The molecule has 5 rings (SSSR count). The summed E-state index contributed by atoms with van der Waals surface area (Å²) in [5.41, 5.74) is 8.45. The van der Waals surface area contributed by atoms with Gasteiger partial charge in [0.2, 0.25) is 5.95 Å². The van der Waals surface area contributed by atoms with Crippen molar-refractivity contribution < 1.29 is 14.6 Å². The number of carboxylic acid groups (broad SMARTS) is 1. The predicted octanol–water partition coefficient (Wildman–Crippen LogP) is 2.70. The SMILES string of the molecule is COCCn1cc(-c2ccc(-n3nnc4cnc(NC5CCCC5)nc43)cc2)cn1.NC(=O)O. The van der Waals surface area contributed by atoms with Crippen molar-refractivity contribution in [2.24, 2.45) is 5.73 Å². The van der Waals surface area contributed by atoms with Crippen molar-refractivity contribution >= 4 is 23.2 Å². The van der Waals surface area contributed by atoms with Crippen molar-refractivity contribution in [1.82, 2.24) is 34.7 Å². The van der Waals surface area contributed by atoms with Gasteiger partial charge in [-0.25, -0.2) is 9.78 Å². The molecule has 1 aromatic carbocycles. The van der Waals surface area contributed by atoms with Crippen molar-refractivity contribution in [3.05, 3.63) is 42.9 Å². The number of amides is 1. The molecule has 178 valence electrons. The standard InChI is InChI=1S/C21H24N8O.CH3NO2/c1-30-11-10-28-14-16(12-23-28)15-6-8-18(9-7-15)29-20-19(26-27-29)13-22-21(25-20)24-17-4-2-3-5-17;2-1(3)4/h6-9,12-14,17H,2-5,10-11H2,1H3,(H,22,24,25);2H2,(H,3,4). The minimum Gasteiger partial charge on any atom is -0.465 e. The van der Waals surface area contributed by atoms with Gasteiger partial charge in [-0.3, -0.25) is 4.68 Å². The maximum atomic E-state index is 8.78. The van der Waals surface area contributed by atoms with E-state index < -0.39 is 6.09 Å². The molecule has 0 atom stereocenters. The topological polar surface area (TPSA) is 159 Å². The van der Waals surface area contributed by atoms with Crippen LogP contribution in [-0.2, 0) is 11.3 Å². The second-order valence-corrected chi connectivity index (χ2v) is 7.90. The van der Waals surface area contributed by atoms with E-state index in [1.807, 2.05) is 29.2 Å². The number of anilines is 1. The molecule has 12 heteroatoms. The molecule has 1 amide bonds. The Balaban J connectivity index is 0.000000636.